The zero-order valence-electron chi connectivity index (χ0n) is 15.7. The van der Waals surface area contributed by atoms with E-state index >= 15 is 0 Å². The molecule has 28 heavy (non-hydrogen) atoms. The van der Waals surface area contributed by atoms with E-state index in [0.717, 1.165) is 47.3 Å². The van der Waals surface area contributed by atoms with Crippen molar-refractivity contribution in [3.63, 3.8) is 0 Å². The summed E-state index contributed by atoms with van der Waals surface area (Å²) in [6, 6.07) is 10.3. The van der Waals surface area contributed by atoms with Crippen LogP contribution in [0, 0.1) is 0 Å². The summed E-state index contributed by atoms with van der Waals surface area (Å²) < 4.78 is 0. The fourth-order valence-electron chi connectivity index (χ4n) is 3.73. The number of hydrogen-bond acceptors (Lipinski definition) is 5. The molecule has 1 aliphatic rings. The third-order valence-electron chi connectivity index (χ3n) is 5.22. The Bertz CT molecular complexity index is 1180. The highest BCUT2D eigenvalue weighted by Crippen LogP contribution is 2.28. The van der Waals surface area contributed by atoms with Gasteiger partial charge in [0, 0.05) is 52.8 Å². The molecule has 0 saturated carbocycles. The molecule has 3 aromatic heterocycles. The predicted octanol–water partition coefficient (Wildman–Crippen LogP) is 3.73. The van der Waals surface area contributed by atoms with Crippen LogP contribution in [-0.4, -0.2) is 39.4 Å². The highest BCUT2D eigenvalue weighted by Gasteiger charge is 2.19. The van der Waals surface area contributed by atoms with Crippen molar-refractivity contribution in [2.24, 2.45) is 0 Å². The normalized spacial score (nSPS) is 14.5. The summed E-state index contributed by atoms with van der Waals surface area (Å²) in [5.41, 5.74) is 4.18. The average Bonchev–Trinajstić information content (AvgIpc) is 3.26. The van der Waals surface area contributed by atoms with Crippen molar-refractivity contribution in [2.45, 2.75) is 25.8 Å². The molecular weight excluding hydrogens is 370 g/mol. The molecule has 0 fully saturated rings. The van der Waals surface area contributed by atoms with E-state index < -0.39 is 0 Å². The van der Waals surface area contributed by atoms with Gasteiger partial charge in [0.1, 0.15) is 0 Å². The van der Waals surface area contributed by atoms with Gasteiger partial charge in [-0.3, -0.25) is 9.78 Å². The van der Waals surface area contributed by atoms with Crippen LogP contribution in [-0.2, 0) is 24.2 Å². The first-order chi connectivity index (χ1) is 13.7. The van der Waals surface area contributed by atoms with Gasteiger partial charge in [-0.25, -0.2) is 4.98 Å². The number of carbonyl (C=O) groups is 1. The molecule has 5 rings (SSSR count). The Labute approximate surface area is 166 Å². The number of nitrogens with zero attached hydrogens (tertiary/aromatic N) is 3. The molecule has 0 atom stereocenters. The summed E-state index contributed by atoms with van der Waals surface area (Å²) in [4.78, 5) is 28.4. The number of pyridine rings is 1. The SMILES string of the molecule is CN1CCc2nc(NC(=O)CCc3cc4c(cn3)[nH]c3ccccc34)sc2C1. The quantitative estimate of drug-likeness (QED) is 0.556. The minimum absolute atomic E-state index is 0.0136. The van der Waals surface area contributed by atoms with E-state index in [0.29, 0.717) is 18.0 Å². The minimum atomic E-state index is -0.0136. The van der Waals surface area contributed by atoms with Crippen molar-refractivity contribution in [3.8, 4) is 0 Å². The largest absolute Gasteiger partial charge is 0.353 e. The second-order valence-electron chi connectivity index (χ2n) is 7.32. The number of aromatic nitrogens is 3. The Balaban J connectivity index is 1.27. The molecule has 1 amide bonds. The number of hydrogen-bond donors (Lipinski definition) is 2. The van der Waals surface area contributed by atoms with E-state index in [1.54, 1.807) is 11.3 Å². The fourth-order valence-corrected chi connectivity index (χ4v) is 4.83. The zero-order valence-corrected chi connectivity index (χ0v) is 16.5. The van der Waals surface area contributed by atoms with Crippen molar-refractivity contribution in [1.29, 1.82) is 0 Å². The molecule has 0 aliphatic carbocycles. The van der Waals surface area contributed by atoms with E-state index in [1.807, 2.05) is 18.3 Å². The molecule has 4 heterocycles. The van der Waals surface area contributed by atoms with Gasteiger partial charge in [-0.15, -0.1) is 11.3 Å². The van der Waals surface area contributed by atoms with Crippen LogP contribution in [0.3, 0.4) is 0 Å². The summed E-state index contributed by atoms with van der Waals surface area (Å²) in [6.07, 6.45) is 3.81. The van der Waals surface area contributed by atoms with E-state index in [4.69, 9.17) is 0 Å². The molecule has 0 spiro atoms. The van der Waals surface area contributed by atoms with Crippen molar-refractivity contribution in [3.05, 3.63) is 52.8 Å². The number of thiazole rings is 1. The number of fused-ring (bicyclic) bond motifs is 4. The van der Waals surface area contributed by atoms with E-state index in [1.165, 1.54) is 10.3 Å². The predicted molar refractivity (Wildman–Crippen MR) is 113 cm³/mol. The molecule has 2 N–H and O–H groups in total. The fraction of sp³-hybridized carbons (Fsp3) is 0.286. The maximum Gasteiger partial charge on any atom is 0.226 e. The number of carbonyl (C=O) groups excluding carboxylic acids is 1. The number of likely N-dealkylation sites (N-methyl/N-ethyl adjacent to an activating group) is 1. The molecule has 0 radical (unpaired) electrons. The summed E-state index contributed by atoms with van der Waals surface area (Å²) in [6.45, 7) is 1.93. The maximum atomic E-state index is 12.4. The molecule has 1 aromatic carbocycles. The van der Waals surface area contributed by atoms with Gasteiger partial charge >= 0.3 is 0 Å². The summed E-state index contributed by atoms with van der Waals surface area (Å²) >= 11 is 1.59. The number of rotatable bonds is 4. The standard InChI is InChI=1S/C21H21N5OS/c1-26-9-8-17-19(12-26)28-21(24-17)25-20(27)7-6-13-10-15-14-4-2-3-5-16(14)23-18(15)11-22-13/h2-5,10-11,23H,6-9,12H2,1H3,(H,24,25,27). The average molecular weight is 392 g/mol. The molecule has 0 unspecified atom stereocenters. The van der Waals surface area contributed by atoms with E-state index in [9.17, 15) is 4.79 Å². The van der Waals surface area contributed by atoms with Crippen molar-refractivity contribution >= 4 is 44.2 Å². The number of aromatic amines is 1. The molecule has 0 saturated heterocycles. The molecule has 4 aromatic rings. The third kappa shape index (κ3) is 3.27. The minimum Gasteiger partial charge on any atom is -0.353 e. The summed E-state index contributed by atoms with van der Waals surface area (Å²) in [5.74, 6) is -0.0136. The van der Waals surface area contributed by atoms with Gasteiger partial charge in [0.15, 0.2) is 5.13 Å². The van der Waals surface area contributed by atoms with Crippen LogP contribution in [0.1, 0.15) is 22.7 Å². The molecule has 1 aliphatic heterocycles. The maximum absolute atomic E-state index is 12.4. The first-order valence-corrected chi connectivity index (χ1v) is 10.3. The monoisotopic (exact) mass is 391 g/mol. The second-order valence-corrected chi connectivity index (χ2v) is 8.40. The Hall–Kier alpha value is -2.77. The Kier molecular flexibility index (Phi) is 4.33. The van der Waals surface area contributed by atoms with Crippen molar-refractivity contribution < 1.29 is 4.79 Å². The lowest BCUT2D eigenvalue weighted by Gasteiger charge is -2.20. The second kappa shape index (κ2) is 7.00. The number of H-pyrrole nitrogens is 1. The molecule has 0 bridgehead atoms. The van der Waals surface area contributed by atoms with Gasteiger partial charge in [0.25, 0.3) is 0 Å². The lowest BCUT2D eigenvalue weighted by atomic mass is 10.1. The topological polar surface area (TPSA) is 73.9 Å². The first kappa shape index (κ1) is 17.3. The summed E-state index contributed by atoms with van der Waals surface area (Å²) in [7, 11) is 2.11. The number of amides is 1. The van der Waals surface area contributed by atoms with Gasteiger partial charge < -0.3 is 15.2 Å². The number of aryl methyl sites for hydroxylation is 1. The van der Waals surface area contributed by atoms with Gasteiger partial charge in [0.05, 0.1) is 17.4 Å². The highest BCUT2D eigenvalue weighted by atomic mass is 32.1. The van der Waals surface area contributed by atoms with Crippen LogP contribution in [0.4, 0.5) is 5.13 Å². The zero-order chi connectivity index (χ0) is 19.1. The lowest BCUT2D eigenvalue weighted by molar-refractivity contribution is -0.116. The third-order valence-corrected chi connectivity index (χ3v) is 6.22. The van der Waals surface area contributed by atoms with Crippen molar-refractivity contribution in [2.75, 3.05) is 18.9 Å². The van der Waals surface area contributed by atoms with Gasteiger partial charge in [-0.1, -0.05) is 18.2 Å². The number of para-hydroxylation sites is 1. The molecule has 7 heteroatoms. The lowest BCUT2D eigenvalue weighted by Crippen LogP contribution is -2.25. The van der Waals surface area contributed by atoms with Gasteiger partial charge in [-0.2, -0.15) is 0 Å². The Morgan fingerprint density at radius 3 is 3.11 bits per heavy atom. The van der Waals surface area contributed by atoms with E-state index in [-0.39, 0.29) is 5.91 Å². The van der Waals surface area contributed by atoms with Crippen molar-refractivity contribution in [1.82, 2.24) is 19.9 Å². The number of benzene rings is 1. The van der Waals surface area contributed by atoms with Crippen LogP contribution in [0.2, 0.25) is 0 Å². The first-order valence-electron chi connectivity index (χ1n) is 9.48. The number of anilines is 1. The highest BCUT2D eigenvalue weighted by molar-refractivity contribution is 7.15. The molecule has 6 nitrogen and oxygen atoms in total. The number of nitrogens with one attached hydrogen (secondary N) is 2. The van der Waals surface area contributed by atoms with Gasteiger partial charge in [-0.05, 0) is 25.6 Å². The van der Waals surface area contributed by atoms with Gasteiger partial charge in [0.2, 0.25) is 5.91 Å². The van der Waals surface area contributed by atoms with Crippen LogP contribution >= 0.6 is 11.3 Å². The van der Waals surface area contributed by atoms with Crippen LogP contribution in [0.25, 0.3) is 21.8 Å². The van der Waals surface area contributed by atoms with Crippen LogP contribution < -0.4 is 5.32 Å². The summed E-state index contributed by atoms with van der Waals surface area (Å²) in [5, 5.41) is 6.01. The Morgan fingerprint density at radius 1 is 1.29 bits per heavy atom. The smallest absolute Gasteiger partial charge is 0.226 e. The molecule has 142 valence electrons. The molecular formula is C21H21N5OS. The van der Waals surface area contributed by atoms with E-state index in [2.05, 4.69) is 50.4 Å². The Morgan fingerprint density at radius 2 is 2.18 bits per heavy atom. The van der Waals surface area contributed by atoms with Crippen LogP contribution in [0.5, 0.6) is 0 Å². The van der Waals surface area contributed by atoms with Crippen LogP contribution in [0.15, 0.2) is 36.5 Å².